The highest BCUT2D eigenvalue weighted by Gasteiger charge is 2.35. The van der Waals surface area contributed by atoms with Crippen LogP contribution >= 0.6 is 0 Å². The molecule has 3 aliphatic rings. The Kier molecular flexibility index (Phi) is 1.36. The molecule has 2 heterocycles. The Labute approximate surface area is 62.1 Å². The minimum absolute atomic E-state index is 0.306. The number of hydrogen-bond acceptors (Lipinski definition) is 2. The predicted octanol–water partition coefficient (Wildman–Crippen LogP) is -0.101. The van der Waals surface area contributed by atoms with E-state index in [1.807, 2.05) is 0 Å². The average Bonchev–Trinajstić information content (AvgIpc) is 2.00. The molecular formula is C7H12BN2. The van der Waals surface area contributed by atoms with Gasteiger partial charge in [-0.05, 0) is 11.7 Å². The summed E-state index contributed by atoms with van der Waals surface area (Å²) in [5, 5.41) is 3.26. The van der Waals surface area contributed by atoms with Gasteiger partial charge in [0.05, 0.1) is 0 Å². The van der Waals surface area contributed by atoms with Crippen LogP contribution in [-0.4, -0.2) is 19.5 Å². The number of nitrogens with two attached hydrogens (primary N) is 1. The third-order valence-corrected chi connectivity index (χ3v) is 2.65. The van der Waals surface area contributed by atoms with E-state index in [1.54, 1.807) is 0 Å². The van der Waals surface area contributed by atoms with Gasteiger partial charge in [-0.15, -0.1) is 0 Å². The van der Waals surface area contributed by atoms with E-state index in [0.717, 1.165) is 0 Å². The second kappa shape index (κ2) is 2.11. The maximum Gasteiger partial charge on any atom is 0.213 e. The molecule has 2 aliphatic heterocycles. The van der Waals surface area contributed by atoms with Crippen molar-refractivity contribution in [3.05, 3.63) is 12.2 Å². The minimum atomic E-state index is 0.306. The van der Waals surface area contributed by atoms with Crippen LogP contribution in [0.25, 0.3) is 0 Å². The standard InChI is InChI=1S/C7H12BN2/c1-4-5-2-3-6(7(4)9)10-8-5/h2-7,10H,9H2,1H3. The number of rotatable bonds is 0. The molecule has 0 aromatic carbocycles. The van der Waals surface area contributed by atoms with Gasteiger partial charge in [0.1, 0.15) is 0 Å². The van der Waals surface area contributed by atoms with Gasteiger partial charge in [0, 0.05) is 12.1 Å². The normalized spacial score (nSPS) is 51.0. The topological polar surface area (TPSA) is 38.0 Å². The number of fused-ring (bicyclic) bond motifs is 2. The molecule has 2 bridgehead atoms. The summed E-state index contributed by atoms with van der Waals surface area (Å²) < 4.78 is 0. The Hall–Kier alpha value is -0.275. The van der Waals surface area contributed by atoms with Crippen LogP contribution in [0.2, 0.25) is 5.82 Å². The van der Waals surface area contributed by atoms with E-state index in [1.165, 1.54) is 0 Å². The number of allylic oxidation sites excluding steroid dienone is 1. The van der Waals surface area contributed by atoms with E-state index in [-0.39, 0.29) is 0 Å². The van der Waals surface area contributed by atoms with Crippen molar-refractivity contribution in [2.45, 2.75) is 24.8 Å². The van der Waals surface area contributed by atoms with Gasteiger partial charge in [0.25, 0.3) is 0 Å². The molecule has 3 heteroatoms. The third kappa shape index (κ3) is 0.740. The van der Waals surface area contributed by atoms with Crippen molar-refractivity contribution in [1.29, 1.82) is 0 Å². The van der Waals surface area contributed by atoms with Crippen LogP contribution in [0, 0.1) is 5.92 Å². The van der Waals surface area contributed by atoms with Crippen LogP contribution in [0.15, 0.2) is 12.2 Å². The summed E-state index contributed by atoms with van der Waals surface area (Å²) in [6, 6.07) is 0.694. The fraction of sp³-hybridized carbons (Fsp3) is 0.714. The summed E-state index contributed by atoms with van der Waals surface area (Å²) in [6.45, 7) is 2.21. The van der Waals surface area contributed by atoms with E-state index in [9.17, 15) is 0 Å². The van der Waals surface area contributed by atoms with Crippen LogP contribution in [0.4, 0.5) is 0 Å². The lowest BCUT2D eigenvalue weighted by Crippen LogP contribution is -2.58. The van der Waals surface area contributed by atoms with Crippen LogP contribution < -0.4 is 11.0 Å². The van der Waals surface area contributed by atoms with Gasteiger partial charge in [0.2, 0.25) is 7.41 Å². The quantitative estimate of drug-likeness (QED) is 0.359. The van der Waals surface area contributed by atoms with E-state index in [4.69, 9.17) is 5.73 Å². The SMILES string of the molecule is CC1C2[B]NC(C=C2)C1N. The van der Waals surface area contributed by atoms with E-state index in [0.29, 0.717) is 23.8 Å². The smallest absolute Gasteiger partial charge is 0.213 e. The molecular weight excluding hydrogens is 123 g/mol. The molecule has 3 rings (SSSR count). The van der Waals surface area contributed by atoms with Crippen molar-refractivity contribution in [3.8, 4) is 0 Å². The Morgan fingerprint density at radius 3 is 2.60 bits per heavy atom. The number of hydrogen-bond donors (Lipinski definition) is 2. The lowest BCUT2D eigenvalue weighted by atomic mass is 9.58. The summed E-state index contributed by atoms with van der Waals surface area (Å²) in [5.41, 5.74) is 5.93. The van der Waals surface area contributed by atoms with Gasteiger partial charge in [-0.1, -0.05) is 19.1 Å². The molecule has 2 nitrogen and oxygen atoms in total. The number of nitrogens with one attached hydrogen (secondary N) is 1. The molecule has 10 heavy (non-hydrogen) atoms. The highest BCUT2D eigenvalue weighted by molar-refractivity contribution is 6.36. The summed E-state index contributed by atoms with van der Waals surface area (Å²) in [4.78, 5) is 0. The highest BCUT2D eigenvalue weighted by Crippen LogP contribution is 2.31. The first-order valence-electron chi connectivity index (χ1n) is 3.82. The van der Waals surface area contributed by atoms with Gasteiger partial charge in [-0.25, -0.2) is 0 Å². The molecule has 0 aromatic rings. The third-order valence-electron chi connectivity index (χ3n) is 2.65. The second-order valence-corrected chi connectivity index (χ2v) is 3.26. The monoisotopic (exact) mass is 135 g/mol. The zero-order valence-corrected chi connectivity index (χ0v) is 6.12. The molecule has 1 radical (unpaired) electrons. The zero-order valence-electron chi connectivity index (χ0n) is 6.12. The van der Waals surface area contributed by atoms with Crippen LogP contribution in [0.3, 0.4) is 0 Å². The maximum atomic E-state index is 5.93. The first kappa shape index (κ1) is 6.44. The van der Waals surface area contributed by atoms with Gasteiger partial charge in [-0.3, -0.25) is 0 Å². The lowest BCUT2D eigenvalue weighted by Gasteiger charge is -2.41. The fourth-order valence-electron chi connectivity index (χ4n) is 1.73. The second-order valence-electron chi connectivity index (χ2n) is 3.26. The first-order valence-corrected chi connectivity index (χ1v) is 3.82. The van der Waals surface area contributed by atoms with Crippen LogP contribution in [0.1, 0.15) is 6.92 Å². The molecule has 0 amide bonds. The predicted molar refractivity (Wildman–Crippen MR) is 42.7 cm³/mol. The molecule has 4 unspecified atom stereocenters. The molecule has 1 aliphatic carbocycles. The summed E-state index contributed by atoms with van der Waals surface area (Å²) in [7, 11) is 2.15. The fourth-order valence-corrected chi connectivity index (χ4v) is 1.73. The molecule has 0 saturated carbocycles. The zero-order chi connectivity index (χ0) is 7.14. The van der Waals surface area contributed by atoms with Gasteiger partial charge >= 0.3 is 0 Å². The van der Waals surface area contributed by atoms with Gasteiger partial charge < -0.3 is 11.0 Å². The Morgan fingerprint density at radius 1 is 1.50 bits per heavy atom. The largest absolute Gasteiger partial charge is 0.353 e. The molecule has 4 atom stereocenters. The lowest BCUT2D eigenvalue weighted by molar-refractivity contribution is 0.366. The van der Waals surface area contributed by atoms with Crippen molar-refractivity contribution in [3.63, 3.8) is 0 Å². The van der Waals surface area contributed by atoms with E-state index < -0.39 is 0 Å². The van der Waals surface area contributed by atoms with Crippen LogP contribution in [-0.2, 0) is 0 Å². The highest BCUT2D eigenvalue weighted by atomic mass is 14.9. The Morgan fingerprint density at radius 2 is 2.30 bits per heavy atom. The van der Waals surface area contributed by atoms with Crippen molar-refractivity contribution in [1.82, 2.24) is 5.23 Å². The molecule has 0 aromatic heterocycles. The molecule has 53 valence electrons. The summed E-state index contributed by atoms with van der Waals surface area (Å²) in [5.74, 6) is 1.16. The molecule has 1 saturated heterocycles. The van der Waals surface area contributed by atoms with Crippen molar-refractivity contribution in [2.24, 2.45) is 11.7 Å². The van der Waals surface area contributed by atoms with Gasteiger partial charge in [-0.2, -0.15) is 0 Å². The van der Waals surface area contributed by atoms with Crippen molar-refractivity contribution >= 4 is 7.41 Å². The molecule has 3 N–H and O–H groups in total. The summed E-state index contributed by atoms with van der Waals surface area (Å²) in [6.07, 6.45) is 4.42. The Balaban J connectivity index is 2.25. The first-order chi connectivity index (χ1) is 4.79. The van der Waals surface area contributed by atoms with E-state index >= 15 is 0 Å². The van der Waals surface area contributed by atoms with Crippen LogP contribution in [0.5, 0.6) is 0 Å². The van der Waals surface area contributed by atoms with Gasteiger partial charge in [0.15, 0.2) is 0 Å². The van der Waals surface area contributed by atoms with Crippen molar-refractivity contribution in [2.75, 3.05) is 0 Å². The Bertz CT molecular complexity index is 151. The summed E-state index contributed by atoms with van der Waals surface area (Å²) >= 11 is 0. The molecule has 1 fully saturated rings. The molecule has 0 spiro atoms. The van der Waals surface area contributed by atoms with Crippen molar-refractivity contribution < 1.29 is 0 Å². The minimum Gasteiger partial charge on any atom is -0.353 e. The van der Waals surface area contributed by atoms with E-state index in [2.05, 4.69) is 31.7 Å². The average molecular weight is 135 g/mol. The maximum absolute atomic E-state index is 5.93.